The van der Waals surface area contributed by atoms with E-state index in [9.17, 15) is 13.2 Å². The molecule has 1 aromatic carbocycles. The number of methoxy groups -OCH3 is 1. The first-order chi connectivity index (χ1) is 7.42. The van der Waals surface area contributed by atoms with Crippen molar-refractivity contribution in [1.29, 1.82) is 0 Å². The van der Waals surface area contributed by atoms with Crippen molar-refractivity contribution in [1.82, 2.24) is 0 Å². The molecule has 0 heterocycles. The lowest BCUT2D eigenvalue weighted by Crippen LogP contribution is -2.08. The molecule has 0 radical (unpaired) electrons. The van der Waals surface area contributed by atoms with Gasteiger partial charge < -0.3 is 9.84 Å². The van der Waals surface area contributed by atoms with E-state index in [2.05, 4.69) is 0 Å². The van der Waals surface area contributed by atoms with Gasteiger partial charge >= 0.3 is 5.97 Å². The van der Waals surface area contributed by atoms with Gasteiger partial charge in [-0.1, -0.05) is 6.92 Å². The molecule has 0 aliphatic carbocycles. The third kappa shape index (κ3) is 2.33. The van der Waals surface area contributed by atoms with E-state index in [-0.39, 0.29) is 22.0 Å². The van der Waals surface area contributed by atoms with Crippen molar-refractivity contribution in [2.24, 2.45) is 0 Å². The molecule has 1 aromatic rings. The van der Waals surface area contributed by atoms with E-state index in [1.165, 1.54) is 26.2 Å². The summed E-state index contributed by atoms with van der Waals surface area (Å²) in [4.78, 5) is 10.6. The van der Waals surface area contributed by atoms with Crippen LogP contribution in [0.4, 0.5) is 0 Å². The van der Waals surface area contributed by atoms with Gasteiger partial charge in [-0.2, -0.15) is 0 Å². The Hall–Kier alpha value is -1.56. The summed E-state index contributed by atoms with van der Waals surface area (Å²) < 4.78 is 28.3. The average Bonchev–Trinajstić information content (AvgIpc) is 2.28. The molecular formula is C10H12O5S. The van der Waals surface area contributed by atoms with Crippen molar-refractivity contribution < 1.29 is 23.1 Å². The fourth-order valence-electron chi connectivity index (χ4n) is 1.21. The highest BCUT2D eigenvalue weighted by atomic mass is 32.2. The molecule has 0 spiro atoms. The molecule has 0 aliphatic heterocycles. The van der Waals surface area contributed by atoms with Crippen LogP contribution in [0.3, 0.4) is 0 Å². The van der Waals surface area contributed by atoms with Gasteiger partial charge in [0.05, 0.1) is 18.4 Å². The smallest absolute Gasteiger partial charge is 0.335 e. The first-order valence-corrected chi connectivity index (χ1v) is 6.21. The van der Waals surface area contributed by atoms with Gasteiger partial charge in [0, 0.05) is 0 Å². The minimum Gasteiger partial charge on any atom is -0.495 e. The van der Waals surface area contributed by atoms with E-state index >= 15 is 0 Å². The van der Waals surface area contributed by atoms with Gasteiger partial charge in [-0.15, -0.1) is 0 Å². The number of hydrogen-bond acceptors (Lipinski definition) is 4. The van der Waals surface area contributed by atoms with Gasteiger partial charge in [0.2, 0.25) is 0 Å². The van der Waals surface area contributed by atoms with E-state index < -0.39 is 15.8 Å². The Morgan fingerprint density at radius 3 is 2.50 bits per heavy atom. The zero-order valence-corrected chi connectivity index (χ0v) is 9.74. The predicted molar refractivity (Wildman–Crippen MR) is 57.7 cm³/mol. The normalized spacial score (nSPS) is 11.1. The maximum atomic E-state index is 11.7. The fraction of sp³-hybridized carbons (Fsp3) is 0.300. The number of rotatable bonds is 4. The molecule has 16 heavy (non-hydrogen) atoms. The van der Waals surface area contributed by atoms with Crippen LogP contribution in [0.25, 0.3) is 0 Å². The predicted octanol–water partition coefficient (Wildman–Crippen LogP) is 1.19. The Morgan fingerprint density at radius 2 is 2.06 bits per heavy atom. The minimum absolute atomic E-state index is 0.0761. The second kappa shape index (κ2) is 4.52. The molecule has 0 aromatic heterocycles. The number of benzene rings is 1. The van der Waals surface area contributed by atoms with Gasteiger partial charge in [-0.3, -0.25) is 0 Å². The zero-order valence-electron chi connectivity index (χ0n) is 8.93. The largest absolute Gasteiger partial charge is 0.495 e. The lowest BCUT2D eigenvalue weighted by molar-refractivity contribution is 0.0696. The van der Waals surface area contributed by atoms with Crippen molar-refractivity contribution in [3.05, 3.63) is 23.8 Å². The van der Waals surface area contributed by atoms with Crippen LogP contribution in [-0.2, 0) is 9.84 Å². The fourth-order valence-corrected chi connectivity index (χ4v) is 2.28. The molecule has 1 rings (SSSR count). The Bertz CT molecular complexity index is 504. The molecule has 0 aliphatic rings. The summed E-state index contributed by atoms with van der Waals surface area (Å²) >= 11 is 0. The molecule has 0 amide bonds. The SMILES string of the molecule is CCS(=O)(=O)c1cc(C(=O)O)ccc1OC. The van der Waals surface area contributed by atoms with E-state index in [4.69, 9.17) is 9.84 Å². The Kier molecular flexibility index (Phi) is 3.54. The van der Waals surface area contributed by atoms with Crippen molar-refractivity contribution in [3.8, 4) is 5.75 Å². The Labute approximate surface area is 93.6 Å². The summed E-state index contributed by atoms with van der Waals surface area (Å²) in [5, 5.41) is 8.78. The summed E-state index contributed by atoms with van der Waals surface area (Å²) in [5.74, 6) is -1.12. The zero-order chi connectivity index (χ0) is 12.3. The molecule has 0 atom stereocenters. The number of carboxylic acids is 1. The number of hydrogen-bond donors (Lipinski definition) is 1. The highest BCUT2D eigenvalue weighted by Gasteiger charge is 2.19. The van der Waals surface area contributed by atoms with Gasteiger partial charge in [-0.05, 0) is 18.2 Å². The minimum atomic E-state index is -3.49. The number of ether oxygens (including phenoxy) is 1. The van der Waals surface area contributed by atoms with Gasteiger partial charge in [0.25, 0.3) is 0 Å². The summed E-state index contributed by atoms with van der Waals surface area (Å²) in [6.07, 6.45) is 0. The van der Waals surface area contributed by atoms with Crippen LogP contribution in [0, 0.1) is 0 Å². The molecular weight excluding hydrogens is 232 g/mol. The summed E-state index contributed by atoms with van der Waals surface area (Å²) in [5.41, 5.74) is -0.0761. The highest BCUT2D eigenvalue weighted by Crippen LogP contribution is 2.25. The third-order valence-corrected chi connectivity index (χ3v) is 3.87. The number of carboxylic acid groups (broad SMARTS) is 1. The molecule has 0 bridgehead atoms. The summed E-state index contributed by atoms with van der Waals surface area (Å²) in [6.45, 7) is 1.49. The summed E-state index contributed by atoms with van der Waals surface area (Å²) in [6, 6.07) is 3.75. The van der Waals surface area contributed by atoms with Crippen molar-refractivity contribution in [3.63, 3.8) is 0 Å². The van der Waals surface area contributed by atoms with Gasteiger partial charge in [-0.25, -0.2) is 13.2 Å². The summed E-state index contributed by atoms with van der Waals surface area (Å²) in [7, 11) is -2.15. The van der Waals surface area contributed by atoms with Crippen molar-refractivity contribution in [2.45, 2.75) is 11.8 Å². The monoisotopic (exact) mass is 244 g/mol. The highest BCUT2D eigenvalue weighted by molar-refractivity contribution is 7.91. The van der Waals surface area contributed by atoms with Crippen LogP contribution in [0.15, 0.2) is 23.1 Å². The van der Waals surface area contributed by atoms with Gasteiger partial charge in [0.15, 0.2) is 9.84 Å². The van der Waals surface area contributed by atoms with Crippen LogP contribution in [0.5, 0.6) is 5.75 Å². The molecule has 1 N–H and O–H groups in total. The number of carbonyl (C=O) groups is 1. The van der Waals surface area contributed by atoms with Crippen LogP contribution >= 0.6 is 0 Å². The van der Waals surface area contributed by atoms with Crippen molar-refractivity contribution in [2.75, 3.05) is 12.9 Å². The Morgan fingerprint density at radius 1 is 1.44 bits per heavy atom. The van der Waals surface area contributed by atoms with Crippen LogP contribution in [0.1, 0.15) is 17.3 Å². The van der Waals surface area contributed by atoms with Crippen LogP contribution in [0.2, 0.25) is 0 Å². The molecule has 0 saturated heterocycles. The second-order valence-corrected chi connectivity index (χ2v) is 5.32. The first-order valence-electron chi connectivity index (χ1n) is 4.56. The molecule has 0 unspecified atom stereocenters. The maximum Gasteiger partial charge on any atom is 0.335 e. The van der Waals surface area contributed by atoms with Crippen LogP contribution in [-0.4, -0.2) is 32.4 Å². The molecule has 5 nitrogen and oxygen atoms in total. The van der Waals surface area contributed by atoms with E-state index in [0.717, 1.165) is 6.07 Å². The first kappa shape index (κ1) is 12.5. The number of aromatic carboxylic acids is 1. The Balaban J connectivity index is 3.45. The quantitative estimate of drug-likeness (QED) is 0.860. The maximum absolute atomic E-state index is 11.7. The molecule has 88 valence electrons. The van der Waals surface area contributed by atoms with E-state index in [1.54, 1.807) is 0 Å². The molecule has 0 saturated carbocycles. The molecule has 6 heteroatoms. The number of sulfone groups is 1. The van der Waals surface area contributed by atoms with E-state index in [1.807, 2.05) is 0 Å². The lowest BCUT2D eigenvalue weighted by Gasteiger charge is -2.08. The standard InChI is InChI=1S/C10H12O5S/c1-3-16(13,14)9-6-7(10(11)12)4-5-8(9)15-2/h4-6H,3H2,1-2H3,(H,11,12). The van der Waals surface area contributed by atoms with Gasteiger partial charge in [0.1, 0.15) is 10.6 Å². The molecule has 0 fully saturated rings. The van der Waals surface area contributed by atoms with E-state index in [0.29, 0.717) is 0 Å². The topological polar surface area (TPSA) is 80.7 Å². The van der Waals surface area contributed by atoms with Crippen molar-refractivity contribution >= 4 is 15.8 Å². The average molecular weight is 244 g/mol. The second-order valence-electron chi connectivity index (χ2n) is 3.07. The third-order valence-electron chi connectivity index (χ3n) is 2.13. The van der Waals surface area contributed by atoms with Crippen LogP contribution < -0.4 is 4.74 Å². The lowest BCUT2D eigenvalue weighted by atomic mass is 10.2.